The van der Waals surface area contributed by atoms with Crippen molar-refractivity contribution in [2.24, 2.45) is 0 Å². The van der Waals surface area contributed by atoms with Crippen LogP contribution in [0.3, 0.4) is 0 Å². The van der Waals surface area contributed by atoms with Crippen LogP contribution in [0, 0.1) is 0 Å². The van der Waals surface area contributed by atoms with Gasteiger partial charge in [0.1, 0.15) is 0 Å². The second-order valence-corrected chi connectivity index (χ2v) is 8.67. The average molecular weight is 371 g/mol. The fourth-order valence-electron chi connectivity index (χ4n) is 4.86. The topological polar surface area (TPSA) is 38.8 Å². The highest BCUT2D eigenvalue weighted by Gasteiger charge is 2.29. The Labute approximate surface area is 163 Å². The summed E-state index contributed by atoms with van der Waals surface area (Å²) in [7, 11) is 2.22. The van der Waals surface area contributed by atoms with E-state index in [0.29, 0.717) is 24.5 Å². The Kier molecular flexibility index (Phi) is 5.69. The lowest BCUT2D eigenvalue weighted by atomic mass is 9.99. The Hall–Kier alpha value is -1.59. The van der Waals surface area contributed by atoms with Crippen molar-refractivity contribution in [3.63, 3.8) is 0 Å². The molecule has 3 fully saturated rings. The molecule has 1 N–H and O–H groups in total. The van der Waals surface area contributed by atoms with Gasteiger partial charge in [-0.25, -0.2) is 0 Å². The van der Waals surface area contributed by atoms with E-state index in [9.17, 15) is 4.79 Å². The van der Waals surface area contributed by atoms with E-state index in [2.05, 4.69) is 53.4 Å². The maximum atomic E-state index is 12.1. The zero-order valence-electron chi connectivity index (χ0n) is 16.9. The molecule has 0 bridgehead atoms. The van der Waals surface area contributed by atoms with Crippen LogP contribution in [0.5, 0.6) is 0 Å². The van der Waals surface area contributed by atoms with Crippen LogP contribution in [0.2, 0.25) is 0 Å². The fraction of sp³-hybridized carbons (Fsp3) is 0.682. The second kappa shape index (κ2) is 8.19. The number of rotatable bonds is 4. The van der Waals surface area contributed by atoms with Crippen molar-refractivity contribution < 1.29 is 4.79 Å². The number of piperidine rings is 2. The van der Waals surface area contributed by atoms with Crippen LogP contribution in [0.25, 0.3) is 0 Å². The van der Waals surface area contributed by atoms with Crippen LogP contribution in [0.4, 0.5) is 11.4 Å². The Balaban J connectivity index is 1.29. The van der Waals surface area contributed by atoms with E-state index in [1.54, 1.807) is 0 Å². The van der Waals surface area contributed by atoms with Gasteiger partial charge in [-0.2, -0.15) is 0 Å². The summed E-state index contributed by atoms with van der Waals surface area (Å²) < 4.78 is 0. The van der Waals surface area contributed by atoms with Crippen molar-refractivity contribution in [1.29, 1.82) is 0 Å². The van der Waals surface area contributed by atoms with Crippen LogP contribution < -0.4 is 15.1 Å². The van der Waals surface area contributed by atoms with Gasteiger partial charge in [0, 0.05) is 49.0 Å². The van der Waals surface area contributed by atoms with Crippen molar-refractivity contribution in [3.05, 3.63) is 24.3 Å². The van der Waals surface area contributed by atoms with Gasteiger partial charge in [-0.1, -0.05) is 0 Å². The Morgan fingerprint density at radius 3 is 1.96 bits per heavy atom. The summed E-state index contributed by atoms with van der Waals surface area (Å²) in [4.78, 5) is 19.0. The number of benzene rings is 1. The van der Waals surface area contributed by atoms with E-state index in [0.717, 1.165) is 25.2 Å². The largest absolute Gasteiger partial charge is 0.371 e. The number of hydrogen-bond donors (Lipinski definition) is 1. The van der Waals surface area contributed by atoms with Gasteiger partial charge in [0.2, 0.25) is 5.91 Å². The average Bonchev–Trinajstić information content (AvgIpc) is 3.03. The molecule has 1 aromatic carbocycles. The molecule has 5 heteroatoms. The molecular weight excluding hydrogens is 336 g/mol. The van der Waals surface area contributed by atoms with Crippen LogP contribution >= 0.6 is 0 Å². The lowest BCUT2D eigenvalue weighted by molar-refractivity contribution is -0.117. The lowest BCUT2D eigenvalue weighted by Crippen LogP contribution is -2.49. The first-order valence-corrected chi connectivity index (χ1v) is 10.7. The van der Waals surface area contributed by atoms with Crippen molar-refractivity contribution in [2.45, 2.75) is 63.6 Å². The highest BCUT2D eigenvalue weighted by molar-refractivity contribution is 5.96. The molecule has 0 radical (unpaired) electrons. The van der Waals surface area contributed by atoms with E-state index in [1.807, 2.05) is 4.90 Å². The van der Waals surface area contributed by atoms with E-state index in [1.165, 1.54) is 44.5 Å². The molecule has 3 aliphatic rings. The number of nitrogens with zero attached hydrogens (tertiary/aromatic N) is 3. The van der Waals surface area contributed by atoms with Gasteiger partial charge < -0.3 is 20.0 Å². The SMILES string of the molecule is C[C@@H]1CCC(=O)N1c1ccc(N2CCC(NC3CCN(C)CC3)CC2)cc1. The molecule has 0 unspecified atom stereocenters. The van der Waals surface area contributed by atoms with Gasteiger partial charge in [0.15, 0.2) is 0 Å². The maximum absolute atomic E-state index is 12.1. The smallest absolute Gasteiger partial charge is 0.227 e. The Morgan fingerprint density at radius 2 is 1.41 bits per heavy atom. The Morgan fingerprint density at radius 1 is 0.852 bits per heavy atom. The normalized spacial score (nSPS) is 26.1. The number of hydrogen-bond acceptors (Lipinski definition) is 4. The van der Waals surface area contributed by atoms with E-state index >= 15 is 0 Å². The number of carbonyl (C=O) groups excluding carboxylic acids is 1. The monoisotopic (exact) mass is 370 g/mol. The lowest BCUT2D eigenvalue weighted by Gasteiger charge is -2.38. The van der Waals surface area contributed by atoms with Gasteiger partial charge in [0.25, 0.3) is 0 Å². The molecule has 0 aromatic heterocycles. The summed E-state index contributed by atoms with van der Waals surface area (Å²) in [6.45, 7) is 6.81. The number of nitrogens with one attached hydrogen (secondary N) is 1. The molecule has 5 nitrogen and oxygen atoms in total. The summed E-state index contributed by atoms with van der Waals surface area (Å²) in [6.07, 6.45) is 6.65. The number of likely N-dealkylation sites (tertiary alicyclic amines) is 1. The molecule has 0 aliphatic carbocycles. The van der Waals surface area contributed by atoms with Crippen LogP contribution in [-0.2, 0) is 4.79 Å². The number of carbonyl (C=O) groups is 1. The number of amides is 1. The third-order valence-electron chi connectivity index (χ3n) is 6.66. The van der Waals surface area contributed by atoms with Crippen LogP contribution in [-0.4, -0.2) is 62.2 Å². The predicted octanol–water partition coefficient (Wildman–Crippen LogP) is 2.85. The summed E-state index contributed by atoms with van der Waals surface area (Å²) in [6, 6.07) is 10.3. The molecule has 148 valence electrons. The number of anilines is 2. The van der Waals surface area contributed by atoms with Crippen LogP contribution in [0.1, 0.15) is 45.4 Å². The molecule has 1 amide bonds. The van der Waals surface area contributed by atoms with Crippen molar-refractivity contribution >= 4 is 17.3 Å². The molecule has 3 saturated heterocycles. The summed E-state index contributed by atoms with van der Waals surface area (Å²) in [5.74, 6) is 0.260. The highest BCUT2D eigenvalue weighted by Crippen LogP contribution is 2.29. The molecule has 1 atom stereocenters. The zero-order chi connectivity index (χ0) is 18.8. The first-order chi connectivity index (χ1) is 13.1. The summed E-state index contributed by atoms with van der Waals surface area (Å²) in [5, 5.41) is 3.91. The van der Waals surface area contributed by atoms with Gasteiger partial charge in [0.05, 0.1) is 0 Å². The van der Waals surface area contributed by atoms with E-state index in [-0.39, 0.29) is 5.91 Å². The molecule has 3 heterocycles. The first-order valence-electron chi connectivity index (χ1n) is 10.7. The fourth-order valence-corrected chi connectivity index (χ4v) is 4.86. The Bertz CT molecular complexity index is 630. The molecule has 1 aromatic rings. The van der Waals surface area contributed by atoms with Gasteiger partial charge in [-0.3, -0.25) is 4.79 Å². The minimum absolute atomic E-state index is 0.260. The molecule has 4 rings (SSSR count). The molecule has 3 aliphatic heterocycles. The van der Waals surface area contributed by atoms with E-state index in [4.69, 9.17) is 0 Å². The van der Waals surface area contributed by atoms with Crippen molar-refractivity contribution in [1.82, 2.24) is 10.2 Å². The quantitative estimate of drug-likeness (QED) is 0.885. The van der Waals surface area contributed by atoms with Gasteiger partial charge in [-0.15, -0.1) is 0 Å². The predicted molar refractivity (Wildman–Crippen MR) is 112 cm³/mol. The molecule has 0 saturated carbocycles. The first kappa shape index (κ1) is 18.8. The minimum atomic E-state index is 0.260. The van der Waals surface area contributed by atoms with Crippen molar-refractivity contribution in [3.8, 4) is 0 Å². The summed E-state index contributed by atoms with van der Waals surface area (Å²) in [5.41, 5.74) is 2.34. The van der Waals surface area contributed by atoms with E-state index < -0.39 is 0 Å². The third kappa shape index (κ3) is 4.30. The standard InChI is InChI=1S/C22H34N4O/c1-17-3-8-22(27)26(17)21-6-4-20(5-7-21)25-15-11-19(12-16-25)23-18-9-13-24(2)14-10-18/h4-7,17-19,23H,3,8-16H2,1-2H3/t17-/m1/s1. The van der Waals surface area contributed by atoms with Gasteiger partial charge in [-0.05, 0) is 83.4 Å². The maximum Gasteiger partial charge on any atom is 0.227 e. The van der Waals surface area contributed by atoms with Crippen LogP contribution in [0.15, 0.2) is 24.3 Å². The third-order valence-corrected chi connectivity index (χ3v) is 6.66. The second-order valence-electron chi connectivity index (χ2n) is 8.67. The summed E-state index contributed by atoms with van der Waals surface area (Å²) >= 11 is 0. The molecular formula is C22H34N4O. The zero-order valence-corrected chi connectivity index (χ0v) is 16.9. The highest BCUT2D eigenvalue weighted by atomic mass is 16.2. The van der Waals surface area contributed by atoms with Crippen molar-refractivity contribution in [2.75, 3.05) is 43.0 Å². The molecule has 0 spiro atoms. The minimum Gasteiger partial charge on any atom is -0.371 e. The van der Waals surface area contributed by atoms with Gasteiger partial charge >= 0.3 is 0 Å². The molecule has 27 heavy (non-hydrogen) atoms.